The van der Waals surface area contributed by atoms with E-state index in [4.69, 9.17) is 5.11 Å². The first kappa shape index (κ1) is 10.1. The third-order valence-corrected chi connectivity index (χ3v) is 2.31. The predicted octanol–water partition coefficient (Wildman–Crippen LogP) is 2.00. The molecular formula is C10H12O2S. The topological polar surface area (TPSA) is 37.3 Å². The third kappa shape index (κ3) is 3.51. The number of hydrogen-bond donors (Lipinski definition) is 2. The highest BCUT2D eigenvalue weighted by atomic mass is 32.1. The van der Waals surface area contributed by atoms with E-state index in [-0.39, 0.29) is 0 Å². The molecule has 1 aromatic carbocycles. The fourth-order valence-electron chi connectivity index (χ4n) is 1.07. The summed E-state index contributed by atoms with van der Waals surface area (Å²) >= 11 is 3.96. The number of benzene rings is 1. The second-order valence-electron chi connectivity index (χ2n) is 2.88. The van der Waals surface area contributed by atoms with Crippen LogP contribution in [0.1, 0.15) is 12.0 Å². The summed E-state index contributed by atoms with van der Waals surface area (Å²) in [5, 5.41) is 8.03. The van der Waals surface area contributed by atoms with Crippen molar-refractivity contribution in [1.82, 2.24) is 0 Å². The van der Waals surface area contributed by atoms with Crippen LogP contribution in [0.2, 0.25) is 0 Å². The molecule has 0 aliphatic heterocycles. The number of carbonyl (C=O) groups is 1. The number of aliphatic carboxylic acids is 1. The van der Waals surface area contributed by atoms with Gasteiger partial charge >= 0.3 is 5.97 Å². The fourth-order valence-corrected chi connectivity index (χ4v) is 1.20. The molecular weight excluding hydrogens is 184 g/mol. The monoisotopic (exact) mass is 196 g/mol. The summed E-state index contributed by atoms with van der Waals surface area (Å²) in [5.41, 5.74) is 1.16. The summed E-state index contributed by atoms with van der Waals surface area (Å²) in [7, 11) is 0. The molecule has 1 atom stereocenters. The minimum atomic E-state index is -0.848. The molecule has 0 bridgehead atoms. The van der Waals surface area contributed by atoms with Crippen molar-refractivity contribution in [3.63, 3.8) is 0 Å². The number of rotatable bonds is 4. The Morgan fingerprint density at radius 1 is 1.38 bits per heavy atom. The van der Waals surface area contributed by atoms with Crippen molar-refractivity contribution in [2.45, 2.75) is 18.1 Å². The Labute approximate surface area is 83.0 Å². The van der Waals surface area contributed by atoms with Crippen LogP contribution < -0.4 is 0 Å². The van der Waals surface area contributed by atoms with Crippen LogP contribution in [-0.4, -0.2) is 16.3 Å². The van der Waals surface area contributed by atoms with E-state index in [1.807, 2.05) is 30.3 Å². The Bertz CT molecular complexity index is 272. The van der Waals surface area contributed by atoms with Crippen LogP contribution in [0.4, 0.5) is 0 Å². The predicted molar refractivity (Wildman–Crippen MR) is 55.2 cm³/mol. The summed E-state index contributed by atoms with van der Waals surface area (Å²) in [6.07, 6.45) is 1.34. The van der Waals surface area contributed by atoms with Gasteiger partial charge in [-0.25, -0.2) is 0 Å². The van der Waals surface area contributed by atoms with Crippen molar-refractivity contribution < 1.29 is 9.90 Å². The molecule has 0 aliphatic carbocycles. The number of hydrogen-bond acceptors (Lipinski definition) is 2. The molecule has 0 aromatic heterocycles. The molecule has 70 valence electrons. The van der Waals surface area contributed by atoms with Gasteiger partial charge in [0, 0.05) is 0 Å². The van der Waals surface area contributed by atoms with Gasteiger partial charge in [0.1, 0.15) is 0 Å². The Balaban J connectivity index is 2.39. The zero-order valence-corrected chi connectivity index (χ0v) is 8.08. The van der Waals surface area contributed by atoms with Gasteiger partial charge in [0.15, 0.2) is 0 Å². The van der Waals surface area contributed by atoms with Crippen LogP contribution in [0.25, 0.3) is 0 Å². The van der Waals surface area contributed by atoms with Crippen LogP contribution in [0.15, 0.2) is 30.3 Å². The number of thiol groups is 1. The summed E-state index contributed by atoms with van der Waals surface area (Å²) in [5.74, 6) is -0.848. The van der Waals surface area contributed by atoms with Crippen molar-refractivity contribution >= 4 is 18.6 Å². The van der Waals surface area contributed by atoms with Crippen LogP contribution in [0.3, 0.4) is 0 Å². The SMILES string of the molecule is O=C(O)C(S)CCc1ccccc1. The first-order valence-corrected chi connectivity index (χ1v) is 4.66. The van der Waals surface area contributed by atoms with Gasteiger partial charge in [-0.1, -0.05) is 30.3 Å². The smallest absolute Gasteiger partial charge is 0.316 e. The van der Waals surface area contributed by atoms with Gasteiger partial charge in [-0.15, -0.1) is 0 Å². The average molecular weight is 196 g/mol. The van der Waals surface area contributed by atoms with Gasteiger partial charge in [-0.05, 0) is 18.4 Å². The molecule has 0 saturated heterocycles. The van der Waals surface area contributed by atoms with Crippen LogP contribution in [0.5, 0.6) is 0 Å². The molecule has 0 heterocycles. The van der Waals surface area contributed by atoms with E-state index in [1.165, 1.54) is 0 Å². The Morgan fingerprint density at radius 3 is 2.54 bits per heavy atom. The van der Waals surface area contributed by atoms with Gasteiger partial charge in [0.2, 0.25) is 0 Å². The maximum absolute atomic E-state index is 10.4. The summed E-state index contributed by atoms with van der Waals surface area (Å²) in [4.78, 5) is 10.4. The lowest BCUT2D eigenvalue weighted by Crippen LogP contribution is -2.13. The van der Waals surface area contributed by atoms with Crippen molar-refractivity contribution in [3.05, 3.63) is 35.9 Å². The Morgan fingerprint density at radius 2 is 2.00 bits per heavy atom. The highest BCUT2D eigenvalue weighted by Gasteiger charge is 2.10. The molecule has 1 aromatic rings. The van der Waals surface area contributed by atoms with Crippen molar-refractivity contribution in [1.29, 1.82) is 0 Å². The molecule has 3 heteroatoms. The van der Waals surface area contributed by atoms with Crippen molar-refractivity contribution in [3.8, 4) is 0 Å². The molecule has 0 aliphatic rings. The van der Waals surface area contributed by atoms with Gasteiger partial charge in [-0.2, -0.15) is 12.6 Å². The van der Waals surface area contributed by atoms with Crippen LogP contribution in [-0.2, 0) is 11.2 Å². The fraction of sp³-hybridized carbons (Fsp3) is 0.300. The Hall–Kier alpha value is -0.960. The molecule has 0 fully saturated rings. The quantitative estimate of drug-likeness (QED) is 0.723. The second kappa shape index (κ2) is 4.92. The standard InChI is InChI=1S/C10H12O2S/c11-10(12)9(13)7-6-8-4-2-1-3-5-8/h1-5,9,13H,6-7H2,(H,11,12). The maximum atomic E-state index is 10.4. The molecule has 1 unspecified atom stereocenters. The summed E-state index contributed by atoms with van der Waals surface area (Å²) in [6.45, 7) is 0. The molecule has 0 radical (unpaired) electrons. The van der Waals surface area contributed by atoms with E-state index >= 15 is 0 Å². The van der Waals surface area contributed by atoms with Gasteiger partial charge < -0.3 is 5.11 Å². The van der Waals surface area contributed by atoms with Gasteiger partial charge in [0.25, 0.3) is 0 Å². The van der Waals surface area contributed by atoms with Crippen LogP contribution in [0, 0.1) is 0 Å². The van der Waals surface area contributed by atoms with E-state index in [0.717, 1.165) is 12.0 Å². The Kier molecular flexibility index (Phi) is 3.83. The molecule has 2 nitrogen and oxygen atoms in total. The molecule has 0 amide bonds. The van der Waals surface area contributed by atoms with Gasteiger partial charge in [-0.3, -0.25) is 4.79 Å². The molecule has 1 N–H and O–H groups in total. The zero-order chi connectivity index (χ0) is 9.68. The molecule has 13 heavy (non-hydrogen) atoms. The second-order valence-corrected chi connectivity index (χ2v) is 3.50. The average Bonchev–Trinajstić information content (AvgIpc) is 2.15. The number of carboxylic acids is 1. The highest BCUT2D eigenvalue weighted by molar-refractivity contribution is 7.81. The normalized spacial score (nSPS) is 12.4. The lowest BCUT2D eigenvalue weighted by Gasteiger charge is -2.04. The highest BCUT2D eigenvalue weighted by Crippen LogP contribution is 2.08. The first-order chi connectivity index (χ1) is 6.20. The molecule has 1 rings (SSSR count). The van der Waals surface area contributed by atoms with E-state index < -0.39 is 11.2 Å². The lowest BCUT2D eigenvalue weighted by atomic mass is 10.1. The maximum Gasteiger partial charge on any atom is 0.316 e. The lowest BCUT2D eigenvalue weighted by molar-refractivity contribution is -0.136. The minimum Gasteiger partial charge on any atom is -0.480 e. The first-order valence-electron chi connectivity index (χ1n) is 4.15. The van der Waals surface area contributed by atoms with Gasteiger partial charge in [0.05, 0.1) is 5.25 Å². The summed E-state index contributed by atoms with van der Waals surface area (Å²) in [6, 6.07) is 9.82. The minimum absolute atomic E-state index is 0.555. The largest absolute Gasteiger partial charge is 0.480 e. The van der Waals surface area contributed by atoms with Crippen molar-refractivity contribution in [2.24, 2.45) is 0 Å². The molecule has 0 saturated carbocycles. The third-order valence-electron chi connectivity index (χ3n) is 1.83. The van der Waals surface area contributed by atoms with E-state index in [1.54, 1.807) is 0 Å². The number of carboxylic acid groups (broad SMARTS) is 1. The van der Waals surface area contributed by atoms with E-state index in [0.29, 0.717) is 6.42 Å². The summed E-state index contributed by atoms with van der Waals surface area (Å²) < 4.78 is 0. The zero-order valence-electron chi connectivity index (χ0n) is 7.18. The van der Waals surface area contributed by atoms with Crippen LogP contribution >= 0.6 is 12.6 Å². The molecule has 0 spiro atoms. The number of aryl methyl sites for hydroxylation is 1. The van der Waals surface area contributed by atoms with E-state index in [9.17, 15) is 4.79 Å². The van der Waals surface area contributed by atoms with Crippen molar-refractivity contribution in [2.75, 3.05) is 0 Å². The van der Waals surface area contributed by atoms with E-state index in [2.05, 4.69) is 12.6 Å².